The van der Waals surface area contributed by atoms with Crippen molar-refractivity contribution < 1.29 is 20.4 Å². The molecule has 0 radical (unpaired) electrons. The lowest BCUT2D eigenvalue weighted by molar-refractivity contribution is 0.136. The van der Waals surface area contributed by atoms with Gasteiger partial charge in [0.15, 0.2) is 0 Å². The van der Waals surface area contributed by atoms with Crippen molar-refractivity contribution in [2.75, 3.05) is 26.4 Å². The van der Waals surface area contributed by atoms with Crippen molar-refractivity contribution in [2.24, 2.45) is 5.92 Å². The lowest BCUT2D eigenvalue weighted by Crippen LogP contribution is -2.11. The predicted octanol–water partition coefficient (Wildman–Crippen LogP) is 3.26. The Balaban J connectivity index is 0. The molecule has 0 aromatic rings. The third-order valence-corrected chi connectivity index (χ3v) is 3.80. The van der Waals surface area contributed by atoms with Crippen molar-refractivity contribution in [1.29, 1.82) is 0 Å². The number of aliphatic hydroxyl groups is 4. The Morgan fingerprint density at radius 1 is 0.545 bits per heavy atom. The summed E-state index contributed by atoms with van der Waals surface area (Å²) in [5.74, 6) is -0.0443. The third-order valence-electron chi connectivity index (χ3n) is 3.80. The fraction of sp³-hybridized carbons (Fsp3) is 1.00. The number of unbranched alkanes of at least 4 members (excludes halogenated alkanes) is 9. The van der Waals surface area contributed by atoms with E-state index in [1.807, 2.05) is 0 Å². The summed E-state index contributed by atoms with van der Waals surface area (Å²) in [7, 11) is 0. The van der Waals surface area contributed by atoms with Crippen molar-refractivity contribution in [3.8, 4) is 0 Å². The maximum absolute atomic E-state index is 8.57. The molecule has 0 fully saturated rings. The summed E-state index contributed by atoms with van der Waals surface area (Å²) < 4.78 is 0. The van der Waals surface area contributed by atoms with Crippen LogP contribution in [0.4, 0.5) is 0 Å². The van der Waals surface area contributed by atoms with E-state index < -0.39 is 0 Å². The zero-order chi connectivity index (χ0) is 16.9. The minimum atomic E-state index is -0.0443. The van der Waals surface area contributed by atoms with Gasteiger partial charge in [0, 0.05) is 32.3 Å². The summed E-state index contributed by atoms with van der Waals surface area (Å²) in [5, 5.41) is 33.9. The molecular formula is C18H40O4. The Hall–Kier alpha value is -0.160. The predicted molar refractivity (Wildman–Crippen MR) is 92.9 cm³/mol. The molecule has 0 aliphatic rings. The zero-order valence-electron chi connectivity index (χ0n) is 14.7. The lowest BCUT2D eigenvalue weighted by atomic mass is 10.1. The molecule has 0 unspecified atom stereocenters. The van der Waals surface area contributed by atoms with Gasteiger partial charge in [-0.25, -0.2) is 0 Å². The maximum Gasteiger partial charge on any atom is 0.0481 e. The molecule has 0 atom stereocenters. The van der Waals surface area contributed by atoms with Gasteiger partial charge in [-0.15, -0.1) is 0 Å². The summed E-state index contributed by atoms with van der Waals surface area (Å²) in [6.07, 6.45) is 14.7. The summed E-state index contributed by atoms with van der Waals surface area (Å²) in [5.41, 5.74) is 0. The highest BCUT2D eigenvalue weighted by Crippen LogP contribution is 2.10. The molecule has 136 valence electrons. The standard InChI is InChI=1S/C12H26O.C6H14O3/c1-2-3-4-5-6-7-8-9-10-11-12-13;7-3-1-2-6(4-8)5-9/h13H,2-12H2,1H3;6-9H,1-5H2. The smallest absolute Gasteiger partial charge is 0.0481 e. The first kappa shape index (κ1) is 24.1. The molecule has 0 aliphatic carbocycles. The van der Waals surface area contributed by atoms with Crippen molar-refractivity contribution in [3.63, 3.8) is 0 Å². The molecule has 22 heavy (non-hydrogen) atoms. The van der Waals surface area contributed by atoms with Gasteiger partial charge in [0.25, 0.3) is 0 Å². The monoisotopic (exact) mass is 320 g/mol. The summed E-state index contributed by atoms with van der Waals surface area (Å²) in [4.78, 5) is 0. The van der Waals surface area contributed by atoms with Crippen molar-refractivity contribution in [1.82, 2.24) is 0 Å². The van der Waals surface area contributed by atoms with Gasteiger partial charge in [-0.3, -0.25) is 0 Å². The number of rotatable bonds is 15. The van der Waals surface area contributed by atoms with Crippen molar-refractivity contribution in [3.05, 3.63) is 0 Å². The molecule has 0 spiro atoms. The Labute approximate surface area is 137 Å². The van der Waals surface area contributed by atoms with Crippen LogP contribution in [0.1, 0.15) is 84.0 Å². The molecule has 4 heteroatoms. The molecule has 0 bridgehead atoms. The van der Waals surface area contributed by atoms with E-state index in [1.54, 1.807) is 0 Å². The molecule has 4 nitrogen and oxygen atoms in total. The highest BCUT2D eigenvalue weighted by Gasteiger charge is 2.03. The minimum absolute atomic E-state index is 0.0104. The normalized spacial score (nSPS) is 10.6. The lowest BCUT2D eigenvalue weighted by Gasteiger charge is -2.07. The quantitative estimate of drug-likeness (QED) is 0.349. The Morgan fingerprint density at radius 2 is 0.955 bits per heavy atom. The van der Waals surface area contributed by atoms with Crippen molar-refractivity contribution in [2.45, 2.75) is 84.0 Å². The van der Waals surface area contributed by atoms with Crippen LogP contribution in [0.2, 0.25) is 0 Å². The van der Waals surface area contributed by atoms with Crippen LogP contribution in [0.25, 0.3) is 0 Å². The molecular weight excluding hydrogens is 280 g/mol. The Morgan fingerprint density at radius 3 is 1.32 bits per heavy atom. The molecule has 0 aromatic carbocycles. The molecule has 0 rings (SSSR count). The van der Waals surface area contributed by atoms with E-state index in [0.29, 0.717) is 19.4 Å². The molecule has 0 heterocycles. The van der Waals surface area contributed by atoms with Gasteiger partial charge in [-0.1, -0.05) is 64.7 Å². The molecule has 0 aliphatic heterocycles. The molecule has 0 saturated carbocycles. The second-order valence-electron chi connectivity index (χ2n) is 6.00. The molecule has 0 aromatic heterocycles. The topological polar surface area (TPSA) is 80.9 Å². The highest BCUT2D eigenvalue weighted by molar-refractivity contribution is 4.54. The Bertz CT molecular complexity index is 162. The maximum atomic E-state index is 8.57. The van der Waals surface area contributed by atoms with Crippen LogP contribution < -0.4 is 0 Å². The largest absolute Gasteiger partial charge is 0.396 e. The van der Waals surface area contributed by atoms with Crippen LogP contribution in [-0.4, -0.2) is 46.9 Å². The van der Waals surface area contributed by atoms with Gasteiger partial charge in [0.1, 0.15) is 0 Å². The summed E-state index contributed by atoms with van der Waals surface area (Å²) in [6, 6.07) is 0. The molecule has 0 saturated heterocycles. The number of hydrogen-bond acceptors (Lipinski definition) is 4. The van der Waals surface area contributed by atoms with E-state index in [-0.39, 0.29) is 25.7 Å². The molecule has 0 amide bonds. The van der Waals surface area contributed by atoms with Crippen LogP contribution in [-0.2, 0) is 0 Å². The van der Waals surface area contributed by atoms with Crippen molar-refractivity contribution >= 4 is 0 Å². The first-order chi connectivity index (χ1) is 10.8. The van der Waals surface area contributed by atoms with E-state index in [1.165, 1.54) is 57.8 Å². The first-order valence-corrected chi connectivity index (χ1v) is 9.20. The third kappa shape index (κ3) is 22.1. The minimum Gasteiger partial charge on any atom is -0.396 e. The SMILES string of the molecule is CCCCCCCCCCCCO.OCCCC(CO)CO. The van der Waals surface area contributed by atoms with Crippen LogP contribution in [0.3, 0.4) is 0 Å². The van der Waals surface area contributed by atoms with Crippen LogP contribution >= 0.6 is 0 Å². The second-order valence-corrected chi connectivity index (χ2v) is 6.00. The fourth-order valence-electron chi connectivity index (χ4n) is 2.22. The number of hydrogen-bond donors (Lipinski definition) is 4. The Kier molecular flexibility index (Phi) is 25.3. The summed E-state index contributed by atoms with van der Waals surface area (Å²) >= 11 is 0. The number of aliphatic hydroxyl groups excluding tert-OH is 4. The van der Waals surface area contributed by atoms with E-state index >= 15 is 0 Å². The summed E-state index contributed by atoms with van der Waals surface area (Å²) in [6.45, 7) is 2.79. The molecule has 4 N–H and O–H groups in total. The fourth-order valence-corrected chi connectivity index (χ4v) is 2.22. The van der Waals surface area contributed by atoms with Crippen LogP contribution in [0.15, 0.2) is 0 Å². The van der Waals surface area contributed by atoms with E-state index in [2.05, 4.69) is 6.92 Å². The van der Waals surface area contributed by atoms with Crippen LogP contribution in [0.5, 0.6) is 0 Å². The van der Waals surface area contributed by atoms with Gasteiger partial charge in [-0.05, 0) is 19.3 Å². The first-order valence-electron chi connectivity index (χ1n) is 9.20. The van der Waals surface area contributed by atoms with Gasteiger partial charge in [0.05, 0.1) is 0 Å². The van der Waals surface area contributed by atoms with Gasteiger partial charge >= 0.3 is 0 Å². The van der Waals surface area contributed by atoms with E-state index in [0.717, 1.165) is 6.42 Å². The van der Waals surface area contributed by atoms with Gasteiger partial charge in [0.2, 0.25) is 0 Å². The highest BCUT2D eigenvalue weighted by atomic mass is 16.3. The van der Waals surface area contributed by atoms with Crippen LogP contribution in [0, 0.1) is 5.92 Å². The van der Waals surface area contributed by atoms with E-state index in [4.69, 9.17) is 20.4 Å². The zero-order valence-corrected chi connectivity index (χ0v) is 14.7. The average Bonchev–Trinajstić information content (AvgIpc) is 2.55. The average molecular weight is 321 g/mol. The van der Waals surface area contributed by atoms with E-state index in [9.17, 15) is 0 Å². The van der Waals surface area contributed by atoms with Gasteiger partial charge in [-0.2, -0.15) is 0 Å². The second kappa shape index (κ2) is 23.1. The van der Waals surface area contributed by atoms with Gasteiger partial charge < -0.3 is 20.4 Å².